The summed E-state index contributed by atoms with van der Waals surface area (Å²) >= 11 is 5.90. The van der Waals surface area contributed by atoms with Crippen molar-refractivity contribution < 1.29 is 4.74 Å². The summed E-state index contributed by atoms with van der Waals surface area (Å²) in [6.07, 6.45) is 1.73. The van der Waals surface area contributed by atoms with Crippen molar-refractivity contribution in [3.05, 3.63) is 58.7 Å². The maximum absolute atomic E-state index is 5.90. The highest BCUT2D eigenvalue weighted by atomic mass is 35.5. The van der Waals surface area contributed by atoms with E-state index in [2.05, 4.69) is 4.98 Å². The van der Waals surface area contributed by atoms with Crippen molar-refractivity contribution in [3.8, 4) is 5.88 Å². The van der Waals surface area contributed by atoms with Gasteiger partial charge in [-0.05, 0) is 30.2 Å². The van der Waals surface area contributed by atoms with E-state index in [0.29, 0.717) is 17.5 Å². The second-order valence-corrected chi connectivity index (χ2v) is 4.57. The van der Waals surface area contributed by atoms with Crippen molar-refractivity contribution >= 4 is 11.6 Å². The molecule has 1 heterocycles. The number of ether oxygens (including phenoxy) is 1. The van der Waals surface area contributed by atoms with Gasteiger partial charge in [0, 0.05) is 23.3 Å². The zero-order valence-corrected chi connectivity index (χ0v) is 10.9. The molecule has 4 heteroatoms. The smallest absolute Gasteiger partial charge is 0.213 e. The molecule has 1 aromatic carbocycles. The first kappa shape index (κ1) is 12.9. The number of benzene rings is 1. The number of pyridine rings is 1. The van der Waals surface area contributed by atoms with Crippen molar-refractivity contribution in [2.75, 3.05) is 0 Å². The maximum Gasteiger partial charge on any atom is 0.213 e. The average molecular weight is 263 g/mol. The van der Waals surface area contributed by atoms with E-state index in [1.165, 1.54) is 0 Å². The minimum atomic E-state index is -0.0144. The molecular weight excluding hydrogens is 248 g/mol. The lowest BCUT2D eigenvalue weighted by Gasteiger charge is -2.08. The summed E-state index contributed by atoms with van der Waals surface area (Å²) in [5.74, 6) is 0.583. The third kappa shape index (κ3) is 3.45. The molecule has 1 aromatic heterocycles. The molecule has 2 N–H and O–H groups in total. The Kier molecular flexibility index (Phi) is 4.18. The third-order valence-corrected chi connectivity index (χ3v) is 2.80. The largest absolute Gasteiger partial charge is 0.473 e. The lowest BCUT2D eigenvalue weighted by atomic mass is 10.2. The van der Waals surface area contributed by atoms with Crippen molar-refractivity contribution in [2.45, 2.75) is 19.6 Å². The lowest BCUT2D eigenvalue weighted by molar-refractivity contribution is 0.293. The summed E-state index contributed by atoms with van der Waals surface area (Å²) in [6, 6.07) is 11.3. The molecule has 0 fully saturated rings. The van der Waals surface area contributed by atoms with Crippen LogP contribution in [0.5, 0.6) is 5.88 Å². The Bertz CT molecular complexity index is 511. The predicted octanol–water partition coefficient (Wildman–Crippen LogP) is 3.33. The van der Waals surface area contributed by atoms with Crippen LogP contribution in [0.1, 0.15) is 24.1 Å². The first-order valence-corrected chi connectivity index (χ1v) is 6.12. The van der Waals surface area contributed by atoms with E-state index in [9.17, 15) is 0 Å². The highest BCUT2D eigenvalue weighted by Crippen LogP contribution is 2.15. The van der Waals surface area contributed by atoms with Crippen molar-refractivity contribution in [3.63, 3.8) is 0 Å². The molecule has 2 rings (SSSR count). The fourth-order valence-corrected chi connectivity index (χ4v) is 1.74. The third-order valence-electron chi connectivity index (χ3n) is 2.56. The molecule has 0 bridgehead atoms. The van der Waals surface area contributed by atoms with Crippen LogP contribution in [-0.4, -0.2) is 4.98 Å². The van der Waals surface area contributed by atoms with Crippen LogP contribution < -0.4 is 10.5 Å². The Hall–Kier alpha value is -1.58. The first-order valence-electron chi connectivity index (χ1n) is 5.74. The molecule has 1 atom stereocenters. The predicted molar refractivity (Wildman–Crippen MR) is 72.6 cm³/mol. The molecule has 0 radical (unpaired) electrons. The average Bonchev–Trinajstić information content (AvgIpc) is 2.37. The summed E-state index contributed by atoms with van der Waals surface area (Å²) in [6.45, 7) is 2.37. The van der Waals surface area contributed by atoms with Gasteiger partial charge in [0.05, 0.1) is 0 Å². The maximum atomic E-state index is 5.90. The molecule has 3 nitrogen and oxygen atoms in total. The molecule has 0 amide bonds. The van der Waals surface area contributed by atoms with Crippen LogP contribution in [-0.2, 0) is 6.61 Å². The normalized spacial score (nSPS) is 12.2. The highest BCUT2D eigenvalue weighted by molar-refractivity contribution is 6.30. The topological polar surface area (TPSA) is 48.1 Å². The number of hydrogen-bond acceptors (Lipinski definition) is 3. The van der Waals surface area contributed by atoms with Gasteiger partial charge >= 0.3 is 0 Å². The van der Waals surface area contributed by atoms with Gasteiger partial charge < -0.3 is 10.5 Å². The number of halogens is 1. The van der Waals surface area contributed by atoms with Gasteiger partial charge in [0.25, 0.3) is 0 Å². The molecule has 0 aliphatic heterocycles. The van der Waals surface area contributed by atoms with Crippen LogP contribution in [0.3, 0.4) is 0 Å². The van der Waals surface area contributed by atoms with Crippen LogP contribution in [0.4, 0.5) is 0 Å². The monoisotopic (exact) mass is 262 g/mol. The molecule has 18 heavy (non-hydrogen) atoms. The fraction of sp³-hybridized carbons (Fsp3) is 0.214. The lowest BCUT2D eigenvalue weighted by Crippen LogP contribution is -2.05. The number of nitrogens with zero attached hydrogens (tertiary/aromatic N) is 1. The molecule has 0 unspecified atom stereocenters. The van der Waals surface area contributed by atoms with Crippen LogP contribution in [0, 0.1) is 0 Å². The van der Waals surface area contributed by atoms with E-state index >= 15 is 0 Å². The first-order chi connectivity index (χ1) is 8.65. The van der Waals surface area contributed by atoms with E-state index in [-0.39, 0.29) is 6.04 Å². The Morgan fingerprint density at radius 1 is 1.33 bits per heavy atom. The summed E-state index contributed by atoms with van der Waals surface area (Å²) in [7, 11) is 0. The Balaban J connectivity index is 1.98. The van der Waals surface area contributed by atoms with E-state index < -0.39 is 0 Å². The minimum absolute atomic E-state index is 0.0144. The molecule has 2 aromatic rings. The van der Waals surface area contributed by atoms with Gasteiger partial charge in [0.15, 0.2) is 0 Å². The van der Waals surface area contributed by atoms with Gasteiger partial charge in [-0.25, -0.2) is 4.98 Å². The van der Waals surface area contributed by atoms with Crippen LogP contribution >= 0.6 is 11.6 Å². The van der Waals surface area contributed by atoms with E-state index in [1.807, 2.05) is 43.3 Å². The van der Waals surface area contributed by atoms with E-state index in [4.69, 9.17) is 22.1 Å². The minimum Gasteiger partial charge on any atom is -0.473 e. The van der Waals surface area contributed by atoms with Crippen LogP contribution in [0.25, 0.3) is 0 Å². The van der Waals surface area contributed by atoms with Crippen molar-refractivity contribution in [2.24, 2.45) is 5.73 Å². The zero-order chi connectivity index (χ0) is 13.0. The van der Waals surface area contributed by atoms with Gasteiger partial charge in [0.2, 0.25) is 5.88 Å². The Morgan fingerprint density at radius 3 is 2.78 bits per heavy atom. The molecule has 94 valence electrons. The number of hydrogen-bond donors (Lipinski definition) is 1. The standard InChI is InChI=1S/C14H15ClN2O/c1-10(16)12-5-6-14(17-8-12)18-9-11-3-2-4-13(15)7-11/h2-8,10H,9,16H2,1H3/t10-/m0/s1. The number of nitrogens with two attached hydrogens (primary N) is 1. The van der Waals surface area contributed by atoms with E-state index in [0.717, 1.165) is 11.1 Å². The van der Waals surface area contributed by atoms with E-state index in [1.54, 1.807) is 6.20 Å². The van der Waals surface area contributed by atoms with Gasteiger partial charge in [0.1, 0.15) is 6.61 Å². The van der Waals surface area contributed by atoms with Crippen LogP contribution in [0.2, 0.25) is 5.02 Å². The van der Waals surface area contributed by atoms with Gasteiger partial charge in [-0.2, -0.15) is 0 Å². The summed E-state index contributed by atoms with van der Waals surface area (Å²) in [4.78, 5) is 4.20. The SMILES string of the molecule is C[C@H](N)c1ccc(OCc2cccc(Cl)c2)nc1. The van der Waals surface area contributed by atoms with Gasteiger partial charge in [-0.3, -0.25) is 0 Å². The fourth-order valence-electron chi connectivity index (χ4n) is 1.53. The van der Waals surface area contributed by atoms with Gasteiger partial charge in [-0.1, -0.05) is 29.8 Å². The number of aromatic nitrogens is 1. The zero-order valence-electron chi connectivity index (χ0n) is 10.1. The quantitative estimate of drug-likeness (QED) is 0.919. The van der Waals surface area contributed by atoms with Crippen molar-refractivity contribution in [1.29, 1.82) is 0 Å². The molecule has 0 aliphatic carbocycles. The summed E-state index contributed by atoms with van der Waals surface area (Å²) in [5, 5.41) is 0.705. The Morgan fingerprint density at radius 2 is 2.17 bits per heavy atom. The Labute approximate surface area is 112 Å². The highest BCUT2D eigenvalue weighted by Gasteiger charge is 2.01. The second kappa shape index (κ2) is 5.85. The second-order valence-electron chi connectivity index (χ2n) is 4.14. The number of rotatable bonds is 4. The molecule has 0 spiro atoms. The molecule has 0 saturated carbocycles. The summed E-state index contributed by atoms with van der Waals surface area (Å²) < 4.78 is 5.57. The van der Waals surface area contributed by atoms with Gasteiger partial charge in [-0.15, -0.1) is 0 Å². The molecule has 0 aliphatic rings. The van der Waals surface area contributed by atoms with Crippen molar-refractivity contribution in [1.82, 2.24) is 4.98 Å². The molecule has 0 saturated heterocycles. The molecular formula is C14H15ClN2O. The van der Waals surface area contributed by atoms with Crippen LogP contribution in [0.15, 0.2) is 42.6 Å². The summed E-state index contributed by atoms with van der Waals surface area (Å²) in [5.41, 5.74) is 7.76.